The van der Waals surface area contributed by atoms with E-state index in [1.807, 2.05) is 6.92 Å². The Bertz CT molecular complexity index is 339. The van der Waals surface area contributed by atoms with Crippen molar-refractivity contribution < 1.29 is 9.13 Å². The van der Waals surface area contributed by atoms with Crippen molar-refractivity contribution in [2.45, 2.75) is 13.3 Å². The first kappa shape index (κ1) is 10.5. The van der Waals surface area contributed by atoms with Gasteiger partial charge in [0.2, 0.25) is 5.90 Å². The predicted molar refractivity (Wildman–Crippen MR) is 53.9 cm³/mol. The fourth-order valence-electron chi connectivity index (χ4n) is 1.01. The van der Waals surface area contributed by atoms with Crippen molar-refractivity contribution in [1.82, 2.24) is 0 Å². The minimum absolute atomic E-state index is 0.0798. The zero-order chi connectivity index (χ0) is 10.6. The Morgan fingerprint density at radius 3 is 2.93 bits per heavy atom. The molecule has 0 unspecified atom stereocenters. The van der Waals surface area contributed by atoms with Crippen LogP contribution in [0.4, 0.5) is 10.1 Å². The molecular weight excluding hydrogens is 183 g/mol. The van der Waals surface area contributed by atoms with E-state index in [1.54, 1.807) is 0 Å². The van der Waals surface area contributed by atoms with Crippen molar-refractivity contribution >= 4 is 11.6 Å². The van der Waals surface area contributed by atoms with Crippen LogP contribution in [0, 0.1) is 11.2 Å². The number of nitrogen functional groups attached to an aromatic ring is 1. The lowest BCUT2D eigenvalue weighted by Gasteiger charge is -2.08. The summed E-state index contributed by atoms with van der Waals surface area (Å²) in [5.74, 6) is -0.497. The van der Waals surface area contributed by atoms with Crippen LogP contribution in [-0.2, 0) is 4.74 Å². The van der Waals surface area contributed by atoms with Crippen LogP contribution in [0.3, 0.4) is 0 Å². The van der Waals surface area contributed by atoms with E-state index in [2.05, 4.69) is 0 Å². The Morgan fingerprint density at radius 2 is 2.29 bits per heavy atom. The highest BCUT2D eigenvalue weighted by Crippen LogP contribution is 2.14. The number of nitrogens with two attached hydrogens (primary N) is 1. The first-order chi connectivity index (χ1) is 6.65. The highest BCUT2D eigenvalue weighted by molar-refractivity contribution is 5.96. The number of rotatable bonds is 3. The molecule has 0 fully saturated rings. The van der Waals surface area contributed by atoms with Gasteiger partial charge < -0.3 is 10.5 Å². The van der Waals surface area contributed by atoms with E-state index in [4.69, 9.17) is 15.9 Å². The van der Waals surface area contributed by atoms with Crippen LogP contribution < -0.4 is 5.73 Å². The zero-order valence-electron chi connectivity index (χ0n) is 8.01. The number of benzene rings is 1. The van der Waals surface area contributed by atoms with E-state index in [-0.39, 0.29) is 5.90 Å². The summed E-state index contributed by atoms with van der Waals surface area (Å²) in [4.78, 5) is 0. The van der Waals surface area contributed by atoms with Gasteiger partial charge >= 0.3 is 0 Å². The SMILES string of the molecule is CCCOC(=N)c1cc(F)ccc1N. The smallest absolute Gasteiger partial charge is 0.215 e. The standard InChI is InChI=1S/C10H13FN2O/c1-2-5-14-10(13)8-6-7(11)3-4-9(8)12/h3-4,6,13H,2,5,12H2,1H3. The fraction of sp³-hybridized carbons (Fsp3) is 0.300. The number of ether oxygens (including phenoxy) is 1. The average molecular weight is 196 g/mol. The van der Waals surface area contributed by atoms with E-state index < -0.39 is 5.82 Å². The summed E-state index contributed by atoms with van der Waals surface area (Å²) in [5.41, 5.74) is 6.23. The fourth-order valence-corrected chi connectivity index (χ4v) is 1.01. The molecule has 0 atom stereocenters. The normalized spacial score (nSPS) is 9.86. The third-order valence-electron chi connectivity index (χ3n) is 1.71. The Morgan fingerprint density at radius 1 is 1.57 bits per heavy atom. The maximum Gasteiger partial charge on any atom is 0.215 e. The highest BCUT2D eigenvalue weighted by atomic mass is 19.1. The van der Waals surface area contributed by atoms with Gasteiger partial charge in [0, 0.05) is 5.69 Å². The van der Waals surface area contributed by atoms with Crippen LogP contribution in [0.25, 0.3) is 0 Å². The zero-order valence-corrected chi connectivity index (χ0v) is 8.01. The molecule has 3 N–H and O–H groups in total. The van der Waals surface area contributed by atoms with Gasteiger partial charge in [-0.15, -0.1) is 0 Å². The quantitative estimate of drug-likeness (QED) is 0.442. The summed E-state index contributed by atoms with van der Waals surface area (Å²) in [6.07, 6.45) is 0.803. The van der Waals surface area contributed by atoms with E-state index in [0.717, 1.165) is 6.42 Å². The lowest BCUT2D eigenvalue weighted by atomic mass is 10.2. The molecule has 14 heavy (non-hydrogen) atoms. The van der Waals surface area contributed by atoms with Crippen LogP contribution in [-0.4, -0.2) is 12.5 Å². The predicted octanol–water partition coefficient (Wildman–Crippen LogP) is 2.16. The largest absolute Gasteiger partial charge is 0.478 e. The second-order valence-corrected chi connectivity index (χ2v) is 2.91. The molecule has 0 aromatic heterocycles. The van der Waals surface area contributed by atoms with Gasteiger partial charge in [0.1, 0.15) is 5.82 Å². The Kier molecular flexibility index (Phi) is 3.45. The Balaban J connectivity index is 2.83. The molecule has 3 nitrogen and oxygen atoms in total. The number of nitrogens with one attached hydrogen (secondary N) is 1. The monoisotopic (exact) mass is 196 g/mol. The molecule has 4 heteroatoms. The van der Waals surface area contributed by atoms with Crippen molar-refractivity contribution in [2.75, 3.05) is 12.3 Å². The molecule has 0 amide bonds. The van der Waals surface area contributed by atoms with Gasteiger partial charge in [0.05, 0.1) is 12.2 Å². The highest BCUT2D eigenvalue weighted by Gasteiger charge is 2.07. The van der Waals surface area contributed by atoms with E-state index in [9.17, 15) is 4.39 Å². The molecule has 76 valence electrons. The van der Waals surface area contributed by atoms with E-state index in [0.29, 0.717) is 17.9 Å². The van der Waals surface area contributed by atoms with Gasteiger partial charge in [-0.2, -0.15) is 0 Å². The molecule has 0 saturated carbocycles. The van der Waals surface area contributed by atoms with Crippen molar-refractivity contribution in [3.05, 3.63) is 29.6 Å². The first-order valence-corrected chi connectivity index (χ1v) is 4.42. The van der Waals surface area contributed by atoms with Gasteiger partial charge in [-0.3, -0.25) is 5.41 Å². The van der Waals surface area contributed by atoms with Crippen molar-refractivity contribution in [3.8, 4) is 0 Å². The lowest BCUT2D eigenvalue weighted by Crippen LogP contribution is -2.09. The van der Waals surface area contributed by atoms with Crippen LogP contribution in [0.15, 0.2) is 18.2 Å². The number of hydrogen-bond acceptors (Lipinski definition) is 3. The maximum atomic E-state index is 12.8. The molecule has 0 aliphatic heterocycles. The van der Waals surface area contributed by atoms with Crippen molar-refractivity contribution in [3.63, 3.8) is 0 Å². The van der Waals surface area contributed by atoms with E-state index >= 15 is 0 Å². The van der Waals surface area contributed by atoms with Crippen LogP contribution >= 0.6 is 0 Å². The molecular formula is C10H13FN2O. The Labute approximate surface area is 82.2 Å². The topological polar surface area (TPSA) is 59.1 Å². The lowest BCUT2D eigenvalue weighted by molar-refractivity contribution is 0.303. The Hall–Kier alpha value is -1.58. The second-order valence-electron chi connectivity index (χ2n) is 2.91. The van der Waals surface area contributed by atoms with Crippen molar-refractivity contribution in [2.24, 2.45) is 0 Å². The van der Waals surface area contributed by atoms with E-state index in [1.165, 1.54) is 18.2 Å². The summed E-state index contributed by atoms with van der Waals surface area (Å²) >= 11 is 0. The molecule has 0 aliphatic carbocycles. The van der Waals surface area contributed by atoms with Gasteiger partial charge in [-0.1, -0.05) is 6.92 Å². The molecule has 0 spiro atoms. The summed E-state index contributed by atoms with van der Waals surface area (Å²) in [6.45, 7) is 2.37. The third kappa shape index (κ3) is 2.45. The molecule has 0 heterocycles. The molecule has 1 rings (SSSR count). The average Bonchev–Trinajstić information content (AvgIpc) is 2.18. The molecule has 0 bridgehead atoms. The van der Waals surface area contributed by atoms with Crippen LogP contribution in [0.2, 0.25) is 0 Å². The number of anilines is 1. The number of hydrogen-bond donors (Lipinski definition) is 2. The van der Waals surface area contributed by atoms with Crippen LogP contribution in [0.5, 0.6) is 0 Å². The van der Waals surface area contributed by atoms with Gasteiger partial charge in [-0.05, 0) is 24.6 Å². The summed E-state index contributed by atoms with van der Waals surface area (Å²) < 4.78 is 17.9. The van der Waals surface area contributed by atoms with Gasteiger partial charge in [-0.25, -0.2) is 4.39 Å². The van der Waals surface area contributed by atoms with Crippen LogP contribution in [0.1, 0.15) is 18.9 Å². The van der Waals surface area contributed by atoms with Gasteiger partial charge in [0.15, 0.2) is 0 Å². The molecule has 0 aliphatic rings. The summed E-state index contributed by atoms with van der Waals surface area (Å²) in [6, 6.07) is 3.88. The molecule has 1 aromatic rings. The minimum Gasteiger partial charge on any atom is -0.478 e. The first-order valence-electron chi connectivity index (χ1n) is 4.42. The summed E-state index contributed by atoms with van der Waals surface area (Å²) in [5, 5.41) is 7.50. The number of halogens is 1. The summed E-state index contributed by atoms with van der Waals surface area (Å²) in [7, 11) is 0. The second kappa shape index (κ2) is 4.60. The molecule has 0 saturated heterocycles. The maximum absolute atomic E-state index is 12.8. The van der Waals surface area contributed by atoms with Crippen molar-refractivity contribution in [1.29, 1.82) is 5.41 Å². The molecule has 0 radical (unpaired) electrons. The minimum atomic E-state index is -0.418. The molecule has 1 aromatic carbocycles. The van der Waals surface area contributed by atoms with Gasteiger partial charge in [0.25, 0.3) is 0 Å². The third-order valence-corrected chi connectivity index (χ3v) is 1.71.